The molecule has 1 aromatic carbocycles. The van der Waals surface area contributed by atoms with Gasteiger partial charge < -0.3 is 0 Å². The molecule has 1 fully saturated rings. The number of aromatic nitrogens is 2. The number of nitrogens with zero attached hydrogens (tertiary/aromatic N) is 3. The van der Waals surface area contributed by atoms with E-state index in [-0.39, 0.29) is 23.1 Å². The summed E-state index contributed by atoms with van der Waals surface area (Å²) < 4.78 is 28.1. The number of amides is 1. The van der Waals surface area contributed by atoms with Gasteiger partial charge >= 0.3 is 0 Å². The van der Waals surface area contributed by atoms with Crippen molar-refractivity contribution >= 4 is 5.91 Å². The normalized spacial score (nSPS) is 23.6. The molecule has 7 heteroatoms. The van der Waals surface area contributed by atoms with Crippen molar-refractivity contribution in [3.63, 3.8) is 0 Å². The van der Waals surface area contributed by atoms with Gasteiger partial charge in [-0.05, 0) is 48.9 Å². The summed E-state index contributed by atoms with van der Waals surface area (Å²) >= 11 is 0. The number of halogens is 2. The second-order valence-electron chi connectivity index (χ2n) is 6.64. The molecule has 130 valence electrons. The van der Waals surface area contributed by atoms with E-state index in [9.17, 15) is 13.6 Å². The number of carbonyl (C=O) groups excluding carboxylic acids is 1. The molecule has 2 aliphatic rings. The van der Waals surface area contributed by atoms with Crippen LogP contribution in [0.4, 0.5) is 8.78 Å². The number of hydroxylamine groups is 2. The quantitative estimate of drug-likeness (QED) is 0.803. The van der Waals surface area contributed by atoms with Crippen LogP contribution in [0.5, 0.6) is 0 Å². The van der Waals surface area contributed by atoms with Crippen molar-refractivity contribution in [1.29, 1.82) is 0 Å². The molecule has 0 spiro atoms. The van der Waals surface area contributed by atoms with E-state index in [1.54, 1.807) is 13.1 Å². The monoisotopic (exact) mass is 345 g/mol. The number of carbonyl (C=O) groups is 1. The van der Waals surface area contributed by atoms with Crippen molar-refractivity contribution in [1.82, 2.24) is 15.3 Å². The van der Waals surface area contributed by atoms with Crippen LogP contribution in [-0.4, -0.2) is 35.3 Å². The Labute approximate surface area is 143 Å². The number of hydrogen-bond acceptors (Lipinski definition) is 4. The molecule has 2 bridgehead atoms. The largest absolute Gasteiger partial charge is 0.275 e. The fourth-order valence-electron chi connectivity index (χ4n) is 4.16. The maximum Gasteiger partial charge on any atom is 0.258 e. The van der Waals surface area contributed by atoms with Crippen LogP contribution in [0, 0.1) is 11.6 Å². The van der Waals surface area contributed by atoms with Crippen LogP contribution in [-0.2, 0) is 15.0 Å². The van der Waals surface area contributed by atoms with Crippen LogP contribution in [0.3, 0.4) is 0 Å². The van der Waals surface area contributed by atoms with E-state index >= 15 is 0 Å². The molecule has 1 saturated carbocycles. The minimum atomic E-state index is -0.746. The van der Waals surface area contributed by atoms with Gasteiger partial charge in [-0.1, -0.05) is 6.07 Å². The first kappa shape index (κ1) is 16.1. The standard InChI is InChI=1S/C18H17F2N3O2/c1-23(25-2)17(24)18-7-6-10(9-18)11-8-14(21-22-16(11)18)15-12(19)4-3-5-13(15)20/h3-5,8,10H,6-7,9H2,1-2H3/t10-,18-/m1/s1. The summed E-state index contributed by atoms with van der Waals surface area (Å²) in [7, 11) is 3.01. The van der Waals surface area contributed by atoms with Crippen LogP contribution in [0.25, 0.3) is 11.3 Å². The number of likely N-dealkylation sites (N-methyl/N-ethyl adjacent to an activating group) is 1. The predicted molar refractivity (Wildman–Crippen MR) is 85.4 cm³/mol. The highest BCUT2D eigenvalue weighted by molar-refractivity contribution is 5.89. The van der Waals surface area contributed by atoms with Crippen molar-refractivity contribution in [2.24, 2.45) is 0 Å². The highest BCUT2D eigenvalue weighted by Crippen LogP contribution is 2.57. The average molecular weight is 345 g/mol. The zero-order chi connectivity index (χ0) is 17.8. The molecule has 0 saturated heterocycles. The maximum absolute atomic E-state index is 14.0. The van der Waals surface area contributed by atoms with Crippen LogP contribution in [0.2, 0.25) is 0 Å². The van der Waals surface area contributed by atoms with Gasteiger partial charge in [-0.2, -0.15) is 5.10 Å². The molecule has 0 aliphatic heterocycles. The zero-order valence-corrected chi connectivity index (χ0v) is 13.9. The average Bonchev–Trinajstić information content (AvgIpc) is 3.18. The van der Waals surface area contributed by atoms with Crippen molar-refractivity contribution in [2.75, 3.05) is 14.2 Å². The van der Waals surface area contributed by atoms with E-state index in [0.29, 0.717) is 18.5 Å². The summed E-state index contributed by atoms with van der Waals surface area (Å²) in [6.45, 7) is 0. The van der Waals surface area contributed by atoms with Crippen molar-refractivity contribution < 1.29 is 18.4 Å². The van der Waals surface area contributed by atoms with Gasteiger partial charge in [0.25, 0.3) is 5.91 Å². The Bertz CT molecular complexity index is 853. The third-order valence-corrected chi connectivity index (χ3v) is 5.42. The molecule has 5 nitrogen and oxygen atoms in total. The minimum absolute atomic E-state index is 0.147. The molecule has 0 N–H and O–H groups in total. The Morgan fingerprint density at radius 3 is 2.72 bits per heavy atom. The van der Waals surface area contributed by atoms with Crippen LogP contribution in [0.15, 0.2) is 24.3 Å². The van der Waals surface area contributed by atoms with Gasteiger partial charge in [-0.25, -0.2) is 13.8 Å². The Morgan fingerprint density at radius 2 is 2.04 bits per heavy atom. The lowest BCUT2D eigenvalue weighted by molar-refractivity contribution is -0.175. The second-order valence-corrected chi connectivity index (χ2v) is 6.64. The maximum atomic E-state index is 14.0. The lowest BCUT2D eigenvalue weighted by Crippen LogP contribution is -2.43. The molecular weight excluding hydrogens is 328 g/mol. The molecular formula is C18H17F2N3O2. The molecule has 1 aromatic heterocycles. The van der Waals surface area contributed by atoms with Crippen molar-refractivity contribution in [3.05, 3.63) is 47.2 Å². The smallest absolute Gasteiger partial charge is 0.258 e. The van der Waals surface area contributed by atoms with Gasteiger partial charge in [0.1, 0.15) is 11.6 Å². The number of benzene rings is 1. The number of hydrogen-bond donors (Lipinski definition) is 0. The molecule has 1 amide bonds. The highest BCUT2D eigenvalue weighted by atomic mass is 19.1. The van der Waals surface area contributed by atoms with Gasteiger partial charge in [0.2, 0.25) is 0 Å². The Balaban J connectivity index is 1.82. The molecule has 2 atom stereocenters. The molecule has 25 heavy (non-hydrogen) atoms. The molecule has 4 rings (SSSR count). The topological polar surface area (TPSA) is 55.3 Å². The first-order chi connectivity index (χ1) is 12.0. The van der Waals surface area contributed by atoms with Gasteiger partial charge in [0.15, 0.2) is 0 Å². The van der Waals surface area contributed by atoms with E-state index in [0.717, 1.165) is 12.0 Å². The van der Waals surface area contributed by atoms with Crippen LogP contribution in [0.1, 0.15) is 36.4 Å². The third kappa shape index (κ3) is 2.18. The summed E-state index contributed by atoms with van der Waals surface area (Å²) in [5.41, 5.74) is 0.693. The summed E-state index contributed by atoms with van der Waals surface area (Å²) in [5, 5.41) is 9.47. The van der Waals surface area contributed by atoms with Crippen molar-refractivity contribution in [2.45, 2.75) is 30.6 Å². The van der Waals surface area contributed by atoms with Gasteiger partial charge in [-0.3, -0.25) is 9.63 Å². The fraction of sp³-hybridized carbons (Fsp3) is 0.389. The van der Waals surface area contributed by atoms with E-state index in [4.69, 9.17) is 4.84 Å². The summed E-state index contributed by atoms with van der Waals surface area (Å²) in [5.74, 6) is -1.37. The summed E-state index contributed by atoms with van der Waals surface area (Å²) in [6.07, 6.45) is 2.15. The summed E-state index contributed by atoms with van der Waals surface area (Å²) in [6, 6.07) is 5.37. The molecule has 2 aromatic rings. The van der Waals surface area contributed by atoms with E-state index in [1.165, 1.54) is 30.4 Å². The number of fused-ring (bicyclic) bond motifs is 5. The summed E-state index contributed by atoms with van der Waals surface area (Å²) in [4.78, 5) is 17.8. The fourth-order valence-corrected chi connectivity index (χ4v) is 4.16. The Kier molecular flexibility index (Phi) is 3.57. The first-order valence-corrected chi connectivity index (χ1v) is 8.12. The lowest BCUT2D eigenvalue weighted by Gasteiger charge is -2.29. The van der Waals surface area contributed by atoms with Crippen LogP contribution < -0.4 is 0 Å². The predicted octanol–water partition coefficient (Wildman–Crippen LogP) is 2.96. The first-order valence-electron chi connectivity index (χ1n) is 8.12. The van der Waals surface area contributed by atoms with E-state index in [1.807, 2.05) is 0 Å². The molecule has 2 aliphatic carbocycles. The van der Waals surface area contributed by atoms with Crippen LogP contribution >= 0.6 is 0 Å². The van der Waals surface area contributed by atoms with E-state index in [2.05, 4.69) is 10.2 Å². The van der Waals surface area contributed by atoms with Gasteiger partial charge in [-0.15, -0.1) is 5.10 Å². The zero-order valence-electron chi connectivity index (χ0n) is 13.9. The SMILES string of the molecule is CON(C)C(=O)[C@]12CC[C@H](C1)c1cc(-c3c(F)cccc3F)nnc12. The molecule has 0 radical (unpaired) electrons. The lowest BCUT2D eigenvalue weighted by atomic mass is 9.82. The molecule has 1 heterocycles. The van der Waals surface area contributed by atoms with E-state index < -0.39 is 17.0 Å². The Morgan fingerprint density at radius 1 is 1.32 bits per heavy atom. The molecule has 0 unspecified atom stereocenters. The van der Waals surface area contributed by atoms with Crippen molar-refractivity contribution in [3.8, 4) is 11.3 Å². The second kappa shape index (κ2) is 5.56. The minimum Gasteiger partial charge on any atom is -0.275 e. The van der Waals surface area contributed by atoms with Gasteiger partial charge in [0, 0.05) is 7.05 Å². The third-order valence-electron chi connectivity index (χ3n) is 5.42. The Hall–Kier alpha value is -2.41. The number of rotatable bonds is 3. The van der Waals surface area contributed by atoms with Gasteiger partial charge in [0.05, 0.1) is 29.5 Å². The highest BCUT2D eigenvalue weighted by Gasteiger charge is 2.56.